The van der Waals surface area contributed by atoms with Gasteiger partial charge in [-0.05, 0) is 49.2 Å². The Morgan fingerprint density at radius 1 is 1.32 bits per heavy atom. The van der Waals surface area contributed by atoms with Gasteiger partial charge >= 0.3 is 0 Å². The van der Waals surface area contributed by atoms with E-state index in [-0.39, 0.29) is 5.04 Å². The van der Waals surface area contributed by atoms with E-state index >= 15 is 0 Å². The predicted molar refractivity (Wildman–Crippen MR) is 84.2 cm³/mol. The van der Waals surface area contributed by atoms with Crippen molar-refractivity contribution in [1.82, 2.24) is 0 Å². The number of nitrogens with zero attached hydrogens (tertiary/aromatic N) is 1. The number of hydrogen-bond acceptors (Lipinski definition) is 2. The lowest BCUT2D eigenvalue weighted by atomic mass is 10.2. The molecule has 0 rings (SSSR count). The van der Waals surface area contributed by atoms with Gasteiger partial charge in [0.2, 0.25) is 0 Å². The molecule has 0 radical (unpaired) electrons. The Balaban J connectivity index is 4.69. The maximum Gasteiger partial charge on any atom is 0.251 e. The van der Waals surface area contributed by atoms with Gasteiger partial charge < -0.3 is 4.43 Å². The molecular formula is C16H27NOSi. The standard InChI is InChI=1S/C16H27NOSi/c1-7-8-9-10-11-12-13-15(14-17)18-19(5,6)16(2,3)4/h10,12-13H,7-9H2,1-6H3/b15-13+. The second-order valence-electron chi connectivity index (χ2n) is 6.18. The van der Waals surface area contributed by atoms with Crippen LogP contribution in [0.4, 0.5) is 0 Å². The summed E-state index contributed by atoms with van der Waals surface area (Å²) in [4.78, 5) is 0. The van der Waals surface area contributed by atoms with Crippen molar-refractivity contribution in [2.45, 2.75) is 65.1 Å². The van der Waals surface area contributed by atoms with E-state index in [1.165, 1.54) is 12.8 Å². The van der Waals surface area contributed by atoms with Crippen molar-refractivity contribution in [3.63, 3.8) is 0 Å². The highest BCUT2D eigenvalue weighted by atomic mass is 28.4. The second-order valence-corrected chi connectivity index (χ2v) is 10.9. The molecule has 106 valence electrons. The van der Waals surface area contributed by atoms with Crippen molar-refractivity contribution >= 4 is 8.32 Å². The average molecular weight is 277 g/mol. The van der Waals surface area contributed by atoms with Crippen molar-refractivity contribution in [1.29, 1.82) is 5.26 Å². The Labute approximate surface area is 119 Å². The SMILES string of the molecule is CCCCC=C=C/C=C(\C#N)O[Si](C)(C)C(C)(C)C. The Hall–Kier alpha value is -1.23. The monoisotopic (exact) mass is 277 g/mol. The molecule has 0 amide bonds. The molecule has 0 aliphatic carbocycles. The smallest absolute Gasteiger partial charge is 0.251 e. The van der Waals surface area contributed by atoms with Gasteiger partial charge in [-0.3, -0.25) is 0 Å². The van der Waals surface area contributed by atoms with Gasteiger partial charge in [0.15, 0.2) is 5.76 Å². The van der Waals surface area contributed by atoms with E-state index < -0.39 is 8.32 Å². The summed E-state index contributed by atoms with van der Waals surface area (Å²) in [7, 11) is -1.92. The lowest BCUT2D eigenvalue weighted by Gasteiger charge is -2.35. The van der Waals surface area contributed by atoms with Gasteiger partial charge in [-0.1, -0.05) is 34.1 Å². The van der Waals surface area contributed by atoms with Gasteiger partial charge in [-0.15, -0.1) is 5.73 Å². The highest BCUT2D eigenvalue weighted by Gasteiger charge is 2.39. The van der Waals surface area contributed by atoms with Crippen LogP contribution in [0.1, 0.15) is 47.0 Å². The van der Waals surface area contributed by atoms with Crippen LogP contribution < -0.4 is 0 Å². The fraction of sp³-hybridized carbons (Fsp3) is 0.625. The normalized spacial score (nSPS) is 12.4. The molecule has 0 atom stereocenters. The van der Waals surface area contributed by atoms with Gasteiger partial charge in [0, 0.05) is 0 Å². The van der Waals surface area contributed by atoms with Crippen molar-refractivity contribution < 1.29 is 4.43 Å². The second kappa shape index (κ2) is 8.04. The highest BCUT2D eigenvalue weighted by molar-refractivity contribution is 6.74. The maximum absolute atomic E-state index is 9.12. The summed E-state index contributed by atoms with van der Waals surface area (Å²) in [5.74, 6) is 0.392. The van der Waals surface area contributed by atoms with Gasteiger partial charge in [-0.25, -0.2) is 0 Å². The molecule has 0 aromatic rings. The van der Waals surface area contributed by atoms with E-state index in [2.05, 4.69) is 52.6 Å². The van der Waals surface area contributed by atoms with Gasteiger partial charge in [-0.2, -0.15) is 5.26 Å². The molecule has 0 heterocycles. The summed E-state index contributed by atoms with van der Waals surface area (Å²) in [6, 6.07) is 2.12. The van der Waals surface area contributed by atoms with Crippen LogP contribution in [0.2, 0.25) is 18.1 Å². The van der Waals surface area contributed by atoms with E-state index in [1.807, 2.05) is 6.08 Å². The minimum absolute atomic E-state index is 0.101. The third-order valence-corrected chi connectivity index (χ3v) is 7.77. The number of rotatable bonds is 6. The van der Waals surface area contributed by atoms with Crippen LogP contribution in [0.3, 0.4) is 0 Å². The third-order valence-electron chi connectivity index (χ3n) is 3.43. The van der Waals surface area contributed by atoms with Crippen LogP contribution in [-0.2, 0) is 4.43 Å². The Kier molecular flexibility index (Phi) is 7.52. The fourth-order valence-corrected chi connectivity index (χ4v) is 2.07. The van der Waals surface area contributed by atoms with Crippen LogP contribution in [0.25, 0.3) is 0 Å². The molecule has 0 unspecified atom stereocenters. The van der Waals surface area contributed by atoms with E-state index in [0.29, 0.717) is 5.76 Å². The van der Waals surface area contributed by atoms with Crippen LogP contribution in [0.5, 0.6) is 0 Å². The first-order valence-electron chi connectivity index (χ1n) is 6.95. The largest absolute Gasteiger partial charge is 0.536 e. The molecule has 0 spiro atoms. The molecule has 0 bridgehead atoms. The molecule has 0 fully saturated rings. The number of hydrogen-bond donors (Lipinski definition) is 0. The van der Waals surface area contributed by atoms with Gasteiger partial charge in [0.25, 0.3) is 8.32 Å². The Morgan fingerprint density at radius 3 is 2.42 bits per heavy atom. The van der Waals surface area contributed by atoms with Crippen LogP contribution in [0.15, 0.2) is 29.7 Å². The third kappa shape index (κ3) is 7.05. The molecule has 0 aliphatic heterocycles. The van der Waals surface area contributed by atoms with Crippen LogP contribution in [0, 0.1) is 11.3 Å². The van der Waals surface area contributed by atoms with Crippen molar-refractivity contribution in [2.75, 3.05) is 0 Å². The summed E-state index contributed by atoms with van der Waals surface area (Å²) in [6.07, 6.45) is 8.87. The molecule has 0 saturated carbocycles. The molecule has 19 heavy (non-hydrogen) atoms. The average Bonchev–Trinajstić information content (AvgIpc) is 2.30. The van der Waals surface area contributed by atoms with Crippen molar-refractivity contribution in [2.24, 2.45) is 0 Å². The zero-order valence-corrected chi connectivity index (χ0v) is 14.2. The zero-order valence-electron chi connectivity index (χ0n) is 13.2. The molecule has 0 aliphatic rings. The number of allylic oxidation sites excluding steroid dienone is 3. The first-order chi connectivity index (χ1) is 8.74. The van der Waals surface area contributed by atoms with E-state index in [1.54, 1.807) is 12.2 Å². The summed E-state index contributed by atoms with van der Waals surface area (Å²) in [5.41, 5.74) is 3.07. The minimum atomic E-state index is -1.92. The lowest BCUT2D eigenvalue weighted by Crippen LogP contribution is -2.40. The van der Waals surface area contributed by atoms with E-state index in [4.69, 9.17) is 9.69 Å². The highest BCUT2D eigenvalue weighted by Crippen LogP contribution is 2.37. The Bertz CT molecular complexity index is 401. The molecule has 0 aromatic carbocycles. The topological polar surface area (TPSA) is 33.0 Å². The number of unbranched alkanes of at least 4 members (excludes halogenated alkanes) is 2. The quantitative estimate of drug-likeness (QED) is 0.164. The van der Waals surface area contributed by atoms with Crippen molar-refractivity contribution in [3.05, 3.63) is 29.7 Å². The predicted octanol–water partition coefficient (Wildman–Crippen LogP) is 5.32. The van der Waals surface area contributed by atoms with E-state index in [0.717, 1.165) is 6.42 Å². The summed E-state index contributed by atoms with van der Waals surface area (Å²) >= 11 is 0. The summed E-state index contributed by atoms with van der Waals surface area (Å²) in [5, 5.41) is 9.22. The molecule has 3 heteroatoms. The molecule has 0 N–H and O–H groups in total. The molecular weight excluding hydrogens is 250 g/mol. The fourth-order valence-electron chi connectivity index (χ4n) is 1.10. The first kappa shape index (κ1) is 17.8. The van der Waals surface area contributed by atoms with Crippen LogP contribution in [-0.4, -0.2) is 8.32 Å². The maximum atomic E-state index is 9.12. The van der Waals surface area contributed by atoms with Gasteiger partial charge in [0.1, 0.15) is 6.07 Å². The molecule has 0 aromatic heterocycles. The van der Waals surface area contributed by atoms with Crippen molar-refractivity contribution in [3.8, 4) is 6.07 Å². The molecule has 2 nitrogen and oxygen atoms in total. The summed E-state index contributed by atoms with van der Waals surface area (Å²) < 4.78 is 5.93. The minimum Gasteiger partial charge on any atom is -0.536 e. The summed E-state index contributed by atoms with van der Waals surface area (Å²) in [6.45, 7) is 12.9. The van der Waals surface area contributed by atoms with E-state index in [9.17, 15) is 0 Å². The number of nitriles is 1. The van der Waals surface area contributed by atoms with Crippen LogP contribution >= 0.6 is 0 Å². The van der Waals surface area contributed by atoms with Gasteiger partial charge in [0.05, 0.1) is 0 Å². The molecule has 0 saturated heterocycles. The Morgan fingerprint density at radius 2 is 1.95 bits per heavy atom. The zero-order chi connectivity index (χ0) is 14.9. The lowest BCUT2D eigenvalue weighted by molar-refractivity contribution is 0.403. The first-order valence-corrected chi connectivity index (χ1v) is 9.85.